The van der Waals surface area contributed by atoms with Crippen LogP contribution in [0.5, 0.6) is 0 Å². The Labute approximate surface area is 174 Å². The largest absolute Gasteiger partial charge is 0.330 e. The minimum Gasteiger partial charge on any atom is -0.330 e. The summed E-state index contributed by atoms with van der Waals surface area (Å²) in [7, 11) is 1.91. The zero-order chi connectivity index (χ0) is 20.9. The molecule has 0 aliphatic heterocycles. The highest BCUT2D eigenvalue weighted by molar-refractivity contribution is 5.63. The first kappa shape index (κ1) is 19.4. The van der Waals surface area contributed by atoms with Gasteiger partial charge in [-0.15, -0.1) is 0 Å². The summed E-state index contributed by atoms with van der Waals surface area (Å²) in [6.45, 7) is 0.559. The number of pyridine rings is 1. The summed E-state index contributed by atoms with van der Waals surface area (Å²) in [6, 6.07) is 15.6. The van der Waals surface area contributed by atoms with Crippen molar-refractivity contribution in [2.45, 2.75) is 12.8 Å². The lowest BCUT2D eigenvalue weighted by molar-refractivity contribution is 0.726. The molecular formula is C23H21N7. The number of hydrogen-bond donors (Lipinski definition) is 1. The highest BCUT2D eigenvalue weighted by atomic mass is 15.3. The number of aryl methyl sites for hydroxylation is 1. The lowest BCUT2D eigenvalue weighted by atomic mass is 9.99. The fourth-order valence-electron chi connectivity index (χ4n) is 3.32. The van der Waals surface area contributed by atoms with Crippen LogP contribution in [0.4, 0.5) is 0 Å². The molecule has 0 unspecified atom stereocenters. The number of aromatic nitrogens is 5. The summed E-state index contributed by atoms with van der Waals surface area (Å²) in [5.41, 5.74) is 11.7. The zero-order valence-electron chi connectivity index (χ0n) is 16.7. The highest BCUT2D eigenvalue weighted by Crippen LogP contribution is 2.26. The molecule has 0 bridgehead atoms. The Balaban J connectivity index is 1.70. The average Bonchev–Trinajstić information content (AvgIpc) is 3.15. The fourth-order valence-corrected chi connectivity index (χ4v) is 3.32. The second-order valence-electron chi connectivity index (χ2n) is 6.97. The molecule has 0 saturated heterocycles. The SMILES string of the molecule is Cn1nc(-c2ccccn2)cc1Cc1cc(C#N)ccc1-c1ncc(CCN)cn1. The first-order valence-corrected chi connectivity index (χ1v) is 9.66. The molecule has 4 aromatic rings. The molecule has 0 spiro atoms. The van der Waals surface area contributed by atoms with E-state index < -0.39 is 0 Å². The van der Waals surface area contributed by atoms with Gasteiger partial charge in [-0.1, -0.05) is 6.07 Å². The molecule has 7 heteroatoms. The fraction of sp³-hybridized carbons (Fsp3) is 0.174. The summed E-state index contributed by atoms with van der Waals surface area (Å²) >= 11 is 0. The third-order valence-electron chi connectivity index (χ3n) is 4.89. The van der Waals surface area contributed by atoms with E-state index in [-0.39, 0.29) is 0 Å². The van der Waals surface area contributed by atoms with Crippen LogP contribution in [-0.4, -0.2) is 31.3 Å². The Morgan fingerprint density at radius 3 is 2.57 bits per heavy atom. The van der Waals surface area contributed by atoms with Crippen LogP contribution >= 0.6 is 0 Å². The van der Waals surface area contributed by atoms with Gasteiger partial charge in [-0.2, -0.15) is 10.4 Å². The van der Waals surface area contributed by atoms with Gasteiger partial charge in [0.2, 0.25) is 0 Å². The molecule has 2 N–H and O–H groups in total. The second kappa shape index (κ2) is 8.64. The van der Waals surface area contributed by atoms with Crippen LogP contribution in [0.1, 0.15) is 22.4 Å². The number of benzene rings is 1. The smallest absolute Gasteiger partial charge is 0.159 e. The van der Waals surface area contributed by atoms with Crippen molar-refractivity contribution in [3.8, 4) is 28.8 Å². The van der Waals surface area contributed by atoms with Crippen molar-refractivity contribution in [2.24, 2.45) is 12.8 Å². The first-order chi connectivity index (χ1) is 14.7. The molecule has 0 fully saturated rings. The van der Waals surface area contributed by atoms with Crippen LogP contribution < -0.4 is 5.73 Å². The van der Waals surface area contributed by atoms with Gasteiger partial charge in [0.1, 0.15) is 5.69 Å². The van der Waals surface area contributed by atoms with Gasteiger partial charge in [0.25, 0.3) is 0 Å². The Bertz CT molecular complexity index is 1190. The number of nitriles is 1. The van der Waals surface area contributed by atoms with Crippen molar-refractivity contribution >= 4 is 0 Å². The first-order valence-electron chi connectivity index (χ1n) is 9.66. The van der Waals surface area contributed by atoms with Crippen molar-refractivity contribution in [3.05, 3.63) is 83.4 Å². The van der Waals surface area contributed by atoms with Crippen molar-refractivity contribution in [3.63, 3.8) is 0 Å². The van der Waals surface area contributed by atoms with Gasteiger partial charge in [0.15, 0.2) is 5.82 Å². The molecule has 0 saturated carbocycles. The molecule has 0 radical (unpaired) electrons. The standard InChI is InChI=1S/C23H21N7/c1-30-19(12-22(29-30)21-4-2-3-9-26-21)11-18-10-16(13-25)5-6-20(18)23-27-14-17(7-8-24)15-28-23/h2-6,9-10,12,14-15H,7-8,11,24H2,1H3. The maximum atomic E-state index is 9.37. The minimum absolute atomic E-state index is 0.559. The Hall–Kier alpha value is -3.89. The molecule has 1 aromatic carbocycles. The van der Waals surface area contributed by atoms with Crippen LogP contribution in [-0.2, 0) is 19.9 Å². The van der Waals surface area contributed by atoms with Crippen LogP contribution in [0.25, 0.3) is 22.8 Å². The van der Waals surface area contributed by atoms with Crippen molar-refractivity contribution in [1.82, 2.24) is 24.7 Å². The molecule has 3 aromatic heterocycles. The van der Waals surface area contributed by atoms with E-state index in [1.54, 1.807) is 24.7 Å². The maximum Gasteiger partial charge on any atom is 0.159 e. The van der Waals surface area contributed by atoms with Crippen LogP contribution in [0.3, 0.4) is 0 Å². The molecule has 4 rings (SSSR count). The van der Waals surface area contributed by atoms with E-state index in [2.05, 4.69) is 26.1 Å². The molecule has 0 amide bonds. The van der Waals surface area contributed by atoms with Crippen LogP contribution in [0.15, 0.2) is 61.1 Å². The van der Waals surface area contributed by atoms with E-state index in [0.29, 0.717) is 24.4 Å². The number of nitrogens with zero attached hydrogens (tertiary/aromatic N) is 6. The van der Waals surface area contributed by atoms with Crippen molar-refractivity contribution < 1.29 is 0 Å². The lowest BCUT2D eigenvalue weighted by Gasteiger charge is -2.10. The predicted molar refractivity (Wildman–Crippen MR) is 114 cm³/mol. The van der Waals surface area contributed by atoms with Gasteiger partial charge in [0.05, 0.1) is 17.3 Å². The second-order valence-corrected chi connectivity index (χ2v) is 6.97. The molecule has 0 atom stereocenters. The summed E-state index contributed by atoms with van der Waals surface area (Å²) in [5.74, 6) is 0.627. The minimum atomic E-state index is 0.559. The Kier molecular flexibility index (Phi) is 5.59. The van der Waals surface area contributed by atoms with Gasteiger partial charge >= 0.3 is 0 Å². The number of rotatable bonds is 6. The van der Waals surface area contributed by atoms with Crippen molar-refractivity contribution in [2.75, 3.05) is 6.54 Å². The van der Waals surface area contributed by atoms with Gasteiger partial charge < -0.3 is 5.73 Å². The summed E-state index contributed by atoms with van der Waals surface area (Å²) in [5, 5.41) is 14.0. The van der Waals surface area contributed by atoms with Crippen LogP contribution in [0.2, 0.25) is 0 Å². The van der Waals surface area contributed by atoms with E-state index in [4.69, 9.17) is 5.73 Å². The van der Waals surface area contributed by atoms with E-state index in [1.165, 1.54) is 0 Å². The molecule has 148 valence electrons. The van der Waals surface area contributed by atoms with Crippen LogP contribution in [0, 0.1) is 11.3 Å². The summed E-state index contributed by atoms with van der Waals surface area (Å²) < 4.78 is 1.85. The third-order valence-corrected chi connectivity index (χ3v) is 4.89. The zero-order valence-corrected chi connectivity index (χ0v) is 16.7. The summed E-state index contributed by atoms with van der Waals surface area (Å²) in [6.07, 6.45) is 6.70. The quantitative estimate of drug-likeness (QED) is 0.538. The summed E-state index contributed by atoms with van der Waals surface area (Å²) in [4.78, 5) is 13.4. The normalized spacial score (nSPS) is 10.7. The average molecular weight is 395 g/mol. The van der Waals surface area contributed by atoms with Gasteiger partial charge in [-0.05, 0) is 60.5 Å². The highest BCUT2D eigenvalue weighted by Gasteiger charge is 2.14. The predicted octanol–water partition coefficient (Wildman–Crippen LogP) is 2.90. The van der Waals surface area contributed by atoms with Crippen molar-refractivity contribution in [1.29, 1.82) is 5.26 Å². The Morgan fingerprint density at radius 2 is 1.87 bits per heavy atom. The van der Waals surface area contributed by atoms with Gasteiger partial charge in [0, 0.05) is 43.3 Å². The van der Waals surface area contributed by atoms with Gasteiger partial charge in [-0.3, -0.25) is 9.67 Å². The van der Waals surface area contributed by atoms with E-state index in [0.717, 1.165) is 40.2 Å². The molecule has 0 aliphatic carbocycles. The maximum absolute atomic E-state index is 9.37. The third kappa shape index (κ3) is 4.09. The molecule has 3 heterocycles. The molecule has 0 aliphatic rings. The lowest BCUT2D eigenvalue weighted by Crippen LogP contribution is -2.05. The molecule has 7 nitrogen and oxygen atoms in total. The topological polar surface area (TPSA) is 106 Å². The molecular weight excluding hydrogens is 374 g/mol. The molecule has 30 heavy (non-hydrogen) atoms. The van der Waals surface area contributed by atoms with E-state index >= 15 is 0 Å². The van der Waals surface area contributed by atoms with E-state index in [9.17, 15) is 5.26 Å². The van der Waals surface area contributed by atoms with Gasteiger partial charge in [-0.25, -0.2) is 9.97 Å². The monoisotopic (exact) mass is 395 g/mol. The van der Waals surface area contributed by atoms with E-state index in [1.807, 2.05) is 48.1 Å². The Morgan fingerprint density at radius 1 is 1.03 bits per heavy atom. The number of hydrogen-bond acceptors (Lipinski definition) is 6. The number of nitrogens with two attached hydrogens (primary N) is 1.